The van der Waals surface area contributed by atoms with Gasteiger partial charge in [0.15, 0.2) is 5.72 Å². The lowest BCUT2D eigenvalue weighted by Crippen LogP contribution is -2.40. The number of fused-ring (bicyclic) bond motifs is 1. The maximum atomic E-state index is 11.1. The molecule has 0 aliphatic heterocycles. The molecule has 2 rings (SSSR count). The van der Waals surface area contributed by atoms with E-state index in [2.05, 4.69) is 10.2 Å². The zero-order chi connectivity index (χ0) is 12.5. The topological polar surface area (TPSA) is 81.0 Å². The van der Waals surface area contributed by atoms with Crippen molar-refractivity contribution >= 4 is 16.9 Å². The van der Waals surface area contributed by atoms with E-state index in [-0.39, 0.29) is 5.97 Å². The SMILES string of the molecule is CCC(N)(OC(C)=O)c1ccc2cn[nH]c2c1. The second kappa shape index (κ2) is 4.18. The van der Waals surface area contributed by atoms with Gasteiger partial charge in [-0.2, -0.15) is 5.10 Å². The Kier molecular flexibility index (Phi) is 2.85. The van der Waals surface area contributed by atoms with Crippen LogP contribution in [0.3, 0.4) is 0 Å². The van der Waals surface area contributed by atoms with Crippen LogP contribution in [0.25, 0.3) is 10.9 Å². The van der Waals surface area contributed by atoms with Crippen molar-refractivity contribution < 1.29 is 9.53 Å². The molecule has 0 saturated heterocycles. The first kappa shape index (κ1) is 11.6. The number of hydrogen-bond donors (Lipinski definition) is 2. The number of benzene rings is 1. The number of carbonyl (C=O) groups is 1. The van der Waals surface area contributed by atoms with Gasteiger partial charge in [0, 0.05) is 24.3 Å². The Hall–Kier alpha value is -1.88. The summed E-state index contributed by atoms with van der Waals surface area (Å²) in [5.74, 6) is -0.390. The molecular weight excluding hydrogens is 218 g/mol. The standard InChI is InChI=1S/C12H15N3O2/c1-3-12(13,17-8(2)16)10-5-4-9-7-14-15-11(9)6-10/h4-7H,3,13H2,1-2H3,(H,14,15). The van der Waals surface area contributed by atoms with Gasteiger partial charge in [0.05, 0.1) is 11.7 Å². The van der Waals surface area contributed by atoms with Crippen LogP contribution in [0, 0.1) is 0 Å². The fraction of sp³-hybridized carbons (Fsp3) is 0.333. The smallest absolute Gasteiger partial charge is 0.304 e. The predicted octanol–water partition coefficient (Wildman–Crippen LogP) is 1.65. The molecule has 5 nitrogen and oxygen atoms in total. The highest BCUT2D eigenvalue weighted by molar-refractivity contribution is 5.78. The third kappa shape index (κ3) is 2.14. The van der Waals surface area contributed by atoms with Gasteiger partial charge in [-0.25, -0.2) is 0 Å². The van der Waals surface area contributed by atoms with Crippen LogP contribution in [0.1, 0.15) is 25.8 Å². The fourth-order valence-corrected chi connectivity index (χ4v) is 1.79. The summed E-state index contributed by atoms with van der Waals surface area (Å²) >= 11 is 0. The molecule has 1 atom stereocenters. The van der Waals surface area contributed by atoms with Gasteiger partial charge in [-0.05, 0) is 6.07 Å². The molecule has 0 aliphatic rings. The maximum Gasteiger partial charge on any atom is 0.304 e. The highest BCUT2D eigenvalue weighted by Gasteiger charge is 2.29. The van der Waals surface area contributed by atoms with E-state index in [9.17, 15) is 4.79 Å². The lowest BCUT2D eigenvalue weighted by molar-refractivity contribution is -0.158. The van der Waals surface area contributed by atoms with Crippen molar-refractivity contribution in [2.24, 2.45) is 5.73 Å². The van der Waals surface area contributed by atoms with Gasteiger partial charge in [0.1, 0.15) is 0 Å². The molecule has 2 aromatic rings. The highest BCUT2D eigenvalue weighted by Crippen LogP contribution is 2.26. The molecule has 0 spiro atoms. The Morgan fingerprint density at radius 3 is 3.00 bits per heavy atom. The van der Waals surface area contributed by atoms with Gasteiger partial charge in [0.25, 0.3) is 0 Å². The molecule has 3 N–H and O–H groups in total. The lowest BCUT2D eigenvalue weighted by atomic mass is 10.00. The first-order valence-corrected chi connectivity index (χ1v) is 5.47. The first-order valence-electron chi connectivity index (χ1n) is 5.47. The van der Waals surface area contributed by atoms with Gasteiger partial charge >= 0.3 is 5.97 Å². The van der Waals surface area contributed by atoms with E-state index in [1.54, 1.807) is 6.20 Å². The number of aromatic amines is 1. The number of H-pyrrole nitrogens is 1. The number of esters is 1. The van der Waals surface area contributed by atoms with E-state index in [0.717, 1.165) is 16.5 Å². The summed E-state index contributed by atoms with van der Waals surface area (Å²) in [7, 11) is 0. The summed E-state index contributed by atoms with van der Waals surface area (Å²) in [6.45, 7) is 3.23. The van der Waals surface area contributed by atoms with Crippen LogP contribution in [0.5, 0.6) is 0 Å². The molecule has 0 saturated carbocycles. The van der Waals surface area contributed by atoms with Crippen molar-refractivity contribution in [1.29, 1.82) is 0 Å². The normalized spacial score (nSPS) is 14.5. The molecule has 1 aromatic carbocycles. The third-order valence-corrected chi connectivity index (χ3v) is 2.78. The molecule has 0 bridgehead atoms. The molecule has 0 radical (unpaired) electrons. The Labute approximate surface area is 98.9 Å². The molecule has 1 heterocycles. The number of nitrogens with two attached hydrogens (primary N) is 1. The molecule has 17 heavy (non-hydrogen) atoms. The van der Waals surface area contributed by atoms with Crippen LogP contribution in [-0.4, -0.2) is 16.2 Å². The summed E-state index contributed by atoms with van der Waals surface area (Å²) in [6, 6.07) is 5.61. The average molecular weight is 233 g/mol. The summed E-state index contributed by atoms with van der Waals surface area (Å²) in [5, 5.41) is 7.80. The van der Waals surface area contributed by atoms with Crippen molar-refractivity contribution in [2.75, 3.05) is 0 Å². The zero-order valence-corrected chi connectivity index (χ0v) is 9.86. The number of carbonyl (C=O) groups excluding carboxylic acids is 1. The van der Waals surface area contributed by atoms with E-state index >= 15 is 0 Å². The maximum absolute atomic E-state index is 11.1. The quantitative estimate of drug-likeness (QED) is 0.624. The summed E-state index contributed by atoms with van der Waals surface area (Å²) < 4.78 is 5.20. The van der Waals surface area contributed by atoms with Crippen molar-refractivity contribution in [3.8, 4) is 0 Å². The number of hydrogen-bond acceptors (Lipinski definition) is 4. The van der Waals surface area contributed by atoms with E-state index in [1.807, 2.05) is 25.1 Å². The zero-order valence-electron chi connectivity index (χ0n) is 9.86. The average Bonchev–Trinajstić information content (AvgIpc) is 2.74. The molecule has 90 valence electrons. The largest absolute Gasteiger partial charge is 0.440 e. The summed E-state index contributed by atoms with van der Waals surface area (Å²) in [5.41, 5.74) is 6.65. The van der Waals surface area contributed by atoms with Crippen LogP contribution >= 0.6 is 0 Å². The van der Waals surface area contributed by atoms with Crippen LogP contribution in [0.4, 0.5) is 0 Å². The van der Waals surface area contributed by atoms with E-state index < -0.39 is 5.72 Å². The molecule has 0 fully saturated rings. The predicted molar refractivity (Wildman–Crippen MR) is 64.0 cm³/mol. The third-order valence-electron chi connectivity index (χ3n) is 2.78. The molecule has 0 aliphatic carbocycles. The Morgan fingerprint density at radius 1 is 1.59 bits per heavy atom. The van der Waals surface area contributed by atoms with Crippen LogP contribution < -0.4 is 5.73 Å². The van der Waals surface area contributed by atoms with Crippen molar-refractivity contribution in [3.05, 3.63) is 30.0 Å². The van der Waals surface area contributed by atoms with Gasteiger partial charge in [0.2, 0.25) is 0 Å². The molecular formula is C12H15N3O2. The lowest BCUT2D eigenvalue weighted by Gasteiger charge is -2.28. The summed E-state index contributed by atoms with van der Waals surface area (Å²) in [6.07, 6.45) is 2.24. The second-order valence-corrected chi connectivity index (χ2v) is 4.01. The number of nitrogens with one attached hydrogen (secondary N) is 1. The number of rotatable bonds is 3. The van der Waals surface area contributed by atoms with Crippen LogP contribution in [0.15, 0.2) is 24.4 Å². The monoisotopic (exact) mass is 233 g/mol. The fourth-order valence-electron chi connectivity index (χ4n) is 1.79. The Morgan fingerprint density at radius 2 is 2.35 bits per heavy atom. The van der Waals surface area contributed by atoms with Gasteiger partial charge in [-0.1, -0.05) is 19.1 Å². The second-order valence-electron chi connectivity index (χ2n) is 4.01. The van der Waals surface area contributed by atoms with E-state index in [4.69, 9.17) is 10.5 Å². The van der Waals surface area contributed by atoms with Crippen molar-refractivity contribution in [1.82, 2.24) is 10.2 Å². The number of aromatic nitrogens is 2. The summed E-state index contributed by atoms with van der Waals surface area (Å²) in [4.78, 5) is 11.1. The Balaban J connectivity index is 2.44. The van der Waals surface area contributed by atoms with Crippen LogP contribution in [0.2, 0.25) is 0 Å². The molecule has 1 aromatic heterocycles. The first-order chi connectivity index (χ1) is 8.05. The van der Waals surface area contributed by atoms with Gasteiger partial charge in [-0.15, -0.1) is 0 Å². The number of nitrogens with zero attached hydrogens (tertiary/aromatic N) is 1. The van der Waals surface area contributed by atoms with Crippen LogP contribution in [-0.2, 0) is 15.3 Å². The Bertz CT molecular complexity index is 549. The van der Waals surface area contributed by atoms with Crippen molar-refractivity contribution in [3.63, 3.8) is 0 Å². The minimum Gasteiger partial charge on any atom is -0.440 e. The highest BCUT2D eigenvalue weighted by atomic mass is 16.6. The minimum atomic E-state index is -1.08. The minimum absolute atomic E-state index is 0.390. The van der Waals surface area contributed by atoms with Crippen molar-refractivity contribution in [2.45, 2.75) is 26.0 Å². The van der Waals surface area contributed by atoms with E-state index in [1.165, 1.54) is 6.92 Å². The molecule has 0 amide bonds. The van der Waals surface area contributed by atoms with Gasteiger partial charge in [-0.3, -0.25) is 15.6 Å². The van der Waals surface area contributed by atoms with E-state index in [0.29, 0.717) is 6.42 Å². The van der Waals surface area contributed by atoms with Gasteiger partial charge < -0.3 is 4.74 Å². The molecule has 5 heteroatoms. The number of ether oxygens (including phenoxy) is 1. The molecule has 1 unspecified atom stereocenters.